The molecule has 1 N–H and O–H groups in total. The van der Waals surface area contributed by atoms with E-state index in [2.05, 4.69) is 9.98 Å². The lowest BCUT2D eigenvalue weighted by molar-refractivity contribution is 0.896. The van der Waals surface area contributed by atoms with Gasteiger partial charge in [-0.15, -0.1) is 0 Å². The average Bonchev–Trinajstić information content (AvgIpc) is 2.04. The first-order valence-electron chi connectivity index (χ1n) is 3.58. The van der Waals surface area contributed by atoms with Crippen LogP contribution >= 0.6 is 0 Å². The molecule has 1 aromatic heterocycles. The standard InChI is InChI=1S/C8H8N2O/c11-8-2-1-6-5-9-4-3-7(6)10-8/h1-2,5H,3-4H2,(H,10,11). The molecule has 0 atom stereocenters. The summed E-state index contributed by atoms with van der Waals surface area (Å²) in [6.45, 7) is 0.785. The summed E-state index contributed by atoms with van der Waals surface area (Å²) in [5.74, 6) is 0. The summed E-state index contributed by atoms with van der Waals surface area (Å²) in [4.78, 5) is 17.7. The molecule has 3 nitrogen and oxygen atoms in total. The lowest BCUT2D eigenvalue weighted by Gasteiger charge is -2.07. The average molecular weight is 148 g/mol. The van der Waals surface area contributed by atoms with Crippen LogP contribution in [0.2, 0.25) is 0 Å². The first-order valence-corrected chi connectivity index (χ1v) is 3.58. The number of pyridine rings is 1. The minimum absolute atomic E-state index is 0.0287. The monoisotopic (exact) mass is 148 g/mol. The molecule has 0 amide bonds. The van der Waals surface area contributed by atoms with Crippen LogP contribution in [-0.4, -0.2) is 17.7 Å². The lowest BCUT2D eigenvalue weighted by Crippen LogP contribution is -2.13. The van der Waals surface area contributed by atoms with Crippen molar-refractivity contribution in [3.63, 3.8) is 0 Å². The molecule has 56 valence electrons. The number of hydrogen-bond acceptors (Lipinski definition) is 2. The van der Waals surface area contributed by atoms with Crippen LogP contribution in [0.15, 0.2) is 21.9 Å². The van der Waals surface area contributed by atoms with Crippen molar-refractivity contribution in [2.75, 3.05) is 6.54 Å². The van der Waals surface area contributed by atoms with Crippen molar-refractivity contribution in [2.24, 2.45) is 4.99 Å². The molecule has 3 heteroatoms. The van der Waals surface area contributed by atoms with Crippen LogP contribution in [0, 0.1) is 0 Å². The Morgan fingerprint density at radius 2 is 2.36 bits per heavy atom. The molecule has 0 saturated heterocycles. The number of nitrogens with zero attached hydrogens (tertiary/aromatic N) is 1. The van der Waals surface area contributed by atoms with Crippen molar-refractivity contribution in [1.82, 2.24) is 4.98 Å². The maximum Gasteiger partial charge on any atom is 0.248 e. The number of rotatable bonds is 0. The minimum Gasteiger partial charge on any atom is -0.326 e. The van der Waals surface area contributed by atoms with Gasteiger partial charge < -0.3 is 4.98 Å². The highest BCUT2D eigenvalue weighted by Gasteiger charge is 2.03. The van der Waals surface area contributed by atoms with E-state index < -0.39 is 0 Å². The van der Waals surface area contributed by atoms with Gasteiger partial charge in [0.2, 0.25) is 5.56 Å². The van der Waals surface area contributed by atoms with Gasteiger partial charge in [-0.1, -0.05) is 0 Å². The molecule has 0 unspecified atom stereocenters. The summed E-state index contributed by atoms with van der Waals surface area (Å²) >= 11 is 0. The summed E-state index contributed by atoms with van der Waals surface area (Å²) in [7, 11) is 0. The van der Waals surface area contributed by atoms with E-state index in [1.807, 2.05) is 0 Å². The molecule has 1 aliphatic rings. The Labute approximate surface area is 63.8 Å². The largest absolute Gasteiger partial charge is 0.326 e. The molecule has 0 aliphatic carbocycles. The zero-order valence-electron chi connectivity index (χ0n) is 6.00. The van der Waals surface area contributed by atoms with E-state index in [0.717, 1.165) is 24.2 Å². The molecule has 0 saturated carbocycles. The third kappa shape index (κ3) is 1.09. The van der Waals surface area contributed by atoms with Crippen molar-refractivity contribution in [3.05, 3.63) is 33.7 Å². The third-order valence-electron chi connectivity index (χ3n) is 1.76. The van der Waals surface area contributed by atoms with Gasteiger partial charge in [-0.2, -0.15) is 0 Å². The molecule has 0 bridgehead atoms. The predicted molar refractivity (Wildman–Crippen MR) is 43.2 cm³/mol. The van der Waals surface area contributed by atoms with Crippen LogP contribution in [0.1, 0.15) is 11.3 Å². The first-order chi connectivity index (χ1) is 5.36. The summed E-state index contributed by atoms with van der Waals surface area (Å²) < 4.78 is 0. The van der Waals surface area contributed by atoms with Gasteiger partial charge in [0, 0.05) is 36.5 Å². The van der Waals surface area contributed by atoms with E-state index in [-0.39, 0.29) is 5.56 Å². The van der Waals surface area contributed by atoms with Gasteiger partial charge in [0.1, 0.15) is 0 Å². The minimum atomic E-state index is -0.0287. The van der Waals surface area contributed by atoms with Gasteiger partial charge in [0.25, 0.3) is 0 Å². The van der Waals surface area contributed by atoms with Crippen LogP contribution < -0.4 is 5.56 Å². The molecule has 0 radical (unpaired) electrons. The van der Waals surface area contributed by atoms with E-state index in [1.165, 1.54) is 6.07 Å². The maximum atomic E-state index is 10.8. The molecule has 2 rings (SSSR count). The molecule has 1 aliphatic heterocycles. The van der Waals surface area contributed by atoms with Crippen LogP contribution in [0.5, 0.6) is 0 Å². The van der Waals surface area contributed by atoms with Gasteiger partial charge in [0.05, 0.1) is 0 Å². The SMILES string of the molecule is O=c1ccc2c([nH]1)CCN=C2. The van der Waals surface area contributed by atoms with Gasteiger partial charge in [-0.25, -0.2) is 0 Å². The van der Waals surface area contributed by atoms with Gasteiger partial charge in [-0.05, 0) is 6.07 Å². The Balaban J connectivity index is 2.62. The van der Waals surface area contributed by atoms with E-state index in [0.29, 0.717) is 0 Å². The topological polar surface area (TPSA) is 45.2 Å². The highest BCUT2D eigenvalue weighted by atomic mass is 16.1. The fourth-order valence-corrected chi connectivity index (χ4v) is 1.20. The third-order valence-corrected chi connectivity index (χ3v) is 1.76. The number of fused-ring (bicyclic) bond motifs is 1. The number of aromatic amines is 1. The second kappa shape index (κ2) is 2.34. The fourth-order valence-electron chi connectivity index (χ4n) is 1.20. The number of H-pyrrole nitrogens is 1. The molecular formula is C8H8N2O. The lowest BCUT2D eigenvalue weighted by atomic mass is 10.1. The van der Waals surface area contributed by atoms with Crippen molar-refractivity contribution >= 4 is 6.21 Å². The van der Waals surface area contributed by atoms with Crippen molar-refractivity contribution in [1.29, 1.82) is 0 Å². The zero-order chi connectivity index (χ0) is 7.68. The quantitative estimate of drug-likeness (QED) is 0.567. The van der Waals surface area contributed by atoms with E-state index in [4.69, 9.17) is 0 Å². The number of aromatic nitrogens is 1. The number of aliphatic imine (C=N–C) groups is 1. The molecule has 0 spiro atoms. The van der Waals surface area contributed by atoms with Crippen LogP contribution in [0.25, 0.3) is 0 Å². The second-order valence-corrected chi connectivity index (χ2v) is 2.54. The maximum absolute atomic E-state index is 10.8. The molecule has 2 heterocycles. The fraction of sp³-hybridized carbons (Fsp3) is 0.250. The van der Waals surface area contributed by atoms with Crippen LogP contribution in [-0.2, 0) is 6.42 Å². The van der Waals surface area contributed by atoms with E-state index >= 15 is 0 Å². The Kier molecular flexibility index (Phi) is 1.35. The summed E-state index contributed by atoms with van der Waals surface area (Å²) in [6.07, 6.45) is 2.65. The van der Waals surface area contributed by atoms with Crippen LogP contribution in [0.4, 0.5) is 0 Å². The Morgan fingerprint density at radius 3 is 3.27 bits per heavy atom. The van der Waals surface area contributed by atoms with Gasteiger partial charge in [0.15, 0.2) is 0 Å². The molecule has 11 heavy (non-hydrogen) atoms. The van der Waals surface area contributed by atoms with Crippen molar-refractivity contribution in [3.8, 4) is 0 Å². The Bertz CT molecular complexity index is 351. The molecular weight excluding hydrogens is 140 g/mol. The first kappa shape index (κ1) is 6.34. The smallest absolute Gasteiger partial charge is 0.248 e. The van der Waals surface area contributed by atoms with E-state index in [1.54, 1.807) is 12.3 Å². The van der Waals surface area contributed by atoms with Gasteiger partial charge >= 0.3 is 0 Å². The summed E-state index contributed by atoms with van der Waals surface area (Å²) in [6, 6.07) is 3.33. The molecule has 1 aromatic rings. The van der Waals surface area contributed by atoms with E-state index in [9.17, 15) is 4.79 Å². The normalized spacial score (nSPS) is 14.5. The number of nitrogens with one attached hydrogen (secondary N) is 1. The Hall–Kier alpha value is -1.38. The van der Waals surface area contributed by atoms with Gasteiger partial charge in [-0.3, -0.25) is 9.79 Å². The predicted octanol–water partition coefficient (Wildman–Crippen LogP) is 0.350. The highest BCUT2D eigenvalue weighted by Crippen LogP contribution is 2.05. The highest BCUT2D eigenvalue weighted by molar-refractivity contribution is 5.81. The van der Waals surface area contributed by atoms with Crippen molar-refractivity contribution in [2.45, 2.75) is 6.42 Å². The summed E-state index contributed by atoms with van der Waals surface area (Å²) in [5.41, 5.74) is 2.02. The second-order valence-electron chi connectivity index (χ2n) is 2.54. The zero-order valence-corrected chi connectivity index (χ0v) is 6.00. The number of hydrogen-bond donors (Lipinski definition) is 1. The molecule has 0 aromatic carbocycles. The Morgan fingerprint density at radius 1 is 1.45 bits per heavy atom. The van der Waals surface area contributed by atoms with Crippen LogP contribution in [0.3, 0.4) is 0 Å². The van der Waals surface area contributed by atoms with Crippen molar-refractivity contribution < 1.29 is 0 Å². The molecule has 0 fully saturated rings. The summed E-state index contributed by atoms with van der Waals surface area (Å²) in [5, 5.41) is 0.